The standard InChI is InChI=1S/C13H22N4O3/c1-16(2)5-6-17-12(10(19-3)9-15-17)13(18)11-8-14-4-7-20-11/h9,11,14H,4-8H2,1-3H3. The van der Waals surface area contributed by atoms with Crippen molar-refractivity contribution in [3.8, 4) is 5.75 Å². The molecule has 1 aliphatic rings. The molecule has 20 heavy (non-hydrogen) atoms. The molecule has 1 atom stereocenters. The minimum atomic E-state index is -0.465. The van der Waals surface area contributed by atoms with Gasteiger partial charge in [-0.15, -0.1) is 0 Å². The molecule has 1 aromatic heterocycles. The van der Waals surface area contributed by atoms with Crippen LogP contribution >= 0.6 is 0 Å². The molecule has 1 unspecified atom stereocenters. The molecule has 7 nitrogen and oxygen atoms in total. The average Bonchev–Trinajstić information content (AvgIpc) is 2.88. The van der Waals surface area contributed by atoms with E-state index in [9.17, 15) is 4.79 Å². The van der Waals surface area contributed by atoms with Crippen LogP contribution in [0.3, 0.4) is 0 Å². The van der Waals surface area contributed by atoms with E-state index in [1.54, 1.807) is 18.0 Å². The summed E-state index contributed by atoms with van der Waals surface area (Å²) in [5, 5.41) is 7.40. The molecule has 0 saturated carbocycles. The maximum atomic E-state index is 12.6. The molecule has 1 saturated heterocycles. The first-order chi connectivity index (χ1) is 9.63. The molecule has 1 aliphatic heterocycles. The number of ether oxygens (including phenoxy) is 2. The summed E-state index contributed by atoms with van der Waals surface area (Å²) in [6.07, 6.45) is 1.12. The summed E-state index contributed by atoms with van der Waals surface area (Å²) in [5.41, 5.74) is 0.489. The van der Waals surface area contributed by atoms with Gasteiger partial charge in [0.15, 0.2) is 5.75 Å². The number of hydrogen-bond donors (Lipinski definition) is 1. The predicted octanol–water partition coefficient (Wildman–Crippen LogP) is -0.376. The van der Waals surface area contributed by atoms with Crippen molar-refractivity contribution in [2.75, 3.05) is 47.4 Å². The topological polar surface area (TPSA) is 68.6 Å². The van der Waals surface area contributed by atoms with E-state index in [-0.39, 0.29) is 5.78 Å². The minimum Gasteiger partial charge on any atom is -0.493 e. The fourth-order valence-corrected chi connectivity index (χ4v) is 2.12. The van der Waals surface area contributed by atoms with Gasteiger partial charge in [-0.3, -0.25) is 9.48 Å². The van der Waals surface area contributed by atoms with Gasteiger partial charge >= 0.3 is 0 Å². The van der Waals surface area contributed by atoms with Crippen molar-refractivity contribution in [3.63, 3.8) is 0 Å². The summed E-state index contributed by atoms with van der Waals surface area (Å²) in [7, 11) is 5.51. The highest BCUT2D eigenvalue weighted by atomic mass is 16.5. The van der Waals surface area contributed by atoms with Crippen LogP contribution in [0.25, 0.3) is 0 Å². The van der Waals surface area contributed by atoms with Gasteiger partial charge in [-0.1, -0.05) is 0 Å². The molecule has 0 amide bonds. The lowest BCUT2D eigenvalue weighted by molar-refractivity contribution is 0.0259. The molecule has 0 bridgehead atoms. The maximum absolute atomic E-state index is 12.6. The predicted molar refractivity (Wildman–Crippen MR) is 74.3 cm³/mol. The molecule has 7 heteroatoms. The first-order valence-corrected chi connectivity index (χ1v) is 6.74. The lowest BCUT2D eigenvalue weighted by Crippen LogP contribution is -2.43. The summed E-state index contributed by atoms with van der Waals surface area (Å²) in [4.78, 5) is 14.6. The summed E-state index contributed by atoms with van der Waals surface area (Å²) >= 11 is 0. The largest absolute Gasteiger partial charge is 0.493 e. The number of methoxy groups -OCH3 is 1. The highest BCUT2D eigenvalue weighted by molar-refractivity contribution is 6.00. The number of nitrogens with zero attached hydrogens (tertiary/aromatic N) is 3. The maximum Gasteiger partial charge on any atom is 0.214 e. The molecular formula is C13H22N4O3. The third-order valence-electron chi connectivity index (χ3n) is 3.24. The zero-order valence-corrected chi connectivity index (χ0v) is 12.3. The summed E-state index contributed by atoms with van der Waals surface area (Å²) in [6.45, 7) is 3.29. The smallest absolute Gasteiger partial charge is 0.214 e. The van der Waals surface area contributed by atoms with Gasteiger partial charge in [0, 0.05) is 19.6 Å². The Labute approximate surface area is 118 Å². The van der Waals surface area contributed by atoms with E-state index in [0.29, 0.717) is 31.1 Å². The summed E-state index contributed by atoms with van der Waals surface area (Å²) in [6, 6.07) is 0. The Kier molecular flexibility index (Phi) is 5.11. The number of ketones is 1. The second-order valence-corrected chi connectivity index (χ2v) is 5.02. The van der Waals surface area contributed by atoms with E-state index in [0.717, 1.165) is 13.1 Å². The summed E-state index contributed by atoms with van der Waals surface area (Å²) < 4.78 is 12.5. The Balaban J connectivity index is 2.18. The fraction of sp³-hybridized carbons (Fsp3) is 0.692. The fourth-order valence-electron chi connectivity index (χ4n) is 2.12. The van der Waals surface area contributed by atoms with Crippen LogP contribution in [0.15, 0.2) is 6.20 Å². The monoisotopic (exact) mass is 282 g/mol. The van der Waals surface area contributed by atoms with E-state index in [2.05, 4.69) is 10.4 Å². The zero-order valence-electron chi connectivity index (χ0n) is 12.3. The number of Topliss-reactive ketones (excluding diaryl/α,β-unsaturated/α-hetero) is 1. The van der Waals surface area contributed by atoms with Gasteiger partial charge in [0.1, 0.15) is 11.8 Å². The molecule has 2 rings (SSSR count). The Morgan fingerprint density at radius 1 is 1.65 bits per heavy atom. The number of morpholine rings is 1. The first-order valence-electron chi connectivity index (χ1n) is 6.74. The Bertz CT molecular complexity index is 452. The first kappa shape index (κ1) is 15.0. The van der Waals surface area contributed by atoms with Crippen LogP contribution in [0, 0.1) is 0 Å². The zero-order chi connectivity index (χ0) is 14.5. The number of nitrogens with one attached hydrogen (secondary N) is 1. The highest BCUT2D eigenvalue weighted by Crippen LogP contribution is 2.20. The van der Waals surface area contributed by atoms with Crippen LogP contribution in [-0.2, 0) is 11.3 Å². The van der Waals surface area contributed by atoms with Gasteiger partial charge in [0.05, 0.1) is 26.5 Å². The van der Waals surface area contributed by atoms with Crippen LogP contribution in [0.2, 0.25) is 0 Å². The molecule has 1 aromatic rings. The number of carbonyl (C=O) groups excluding carboxylic acids is 1. The molecule has 0 radical (unpaired) electrons. The van der Waals surface area contributed by atoms with Crippen molar-refractivity contribution in [1.29, 1.82) is 0 Å². The molecule has 2 heterocycles. The third kappa shape index (κ3) is 3.36. The second kappa shape index (κ2) is 6.83. The van der Waals surface area contributed by atoms with Crippen molar-refractivity contribution < 1.29 is 14.3 Å². The Morgan fingerprint density at radius 3 is 3.05 bits per heavy atom. The molecular weight excluding hydrogens is 260 g/mol. The van der Waals surface area contributed by atoms with Gasteiger partial charge < -0.3 is 19.7 Å². The van der Waals surface area contributed by atoms with E-state index in [4.69, 9.17) is 9.47 Å². The Morgan fingerprint density at radius 2 is 2.45 bits per heavy atom. The minimum absolute atomic E-state index is 0.0784. The number of carbonyl (C=O) groups is 1. The van der Waals surface area contributed by atoms with Crippen molar-refractivity contribution in [2.45, 2.75) is 12.6 Å². The van der Waals surface area contributed by atoms with Gasteiger partial charge in [-0.2, -0.15) is 5.10 Å². The van der Waals surface area contributed by atoms with E-state index >= 15 is 0 Å². The second-order valence-electron chi connectivity index (χ2n) is 5.02. The highest BCUT2D eigenvalue weighted by Gasteiger charge is 2.29. The molecule has 1 fully saturated rings. The van der Waals surface area contributed by atoms with Crippen molar-refractivity contribution in [1.82, 2.24) is 20.0 Å². The van der Waals surface area contributed by atoms with Crippen LogP contribution in [0.5, 0.6) is 5.75 Å². The van der Waals surface area contributed by atoms with E-state index < -0.39 is 6.10 Å². The quantitative estimate of drug-likeness (QED) is 0.718. The molecule has 1 N–H and O–H groups in total. The van der Waals surface area contributed by atoms with Gasteiger partial charge in [-0.25, -0.2) is 0 Å². The number of rotatable bonds is 6. The molecule has 112 valence electrons. The lowest BCUT2D eigenvalue weighted by atomic mass is 10.1. The van der Waals surface area contributed by atoms with Gasteiger partial charge in [-0.05, 0) is 14.1 Å². The number of aromatic nitrogens is 2. The van der Waals surface area contributed by atoms with Crippen molar-refractivity contribution in [2.24, 2.45) is 0 Å². The number of likely N-dealkylation sites (N-methyl/N-ethyl adjacent to an activating group) is 1. The van der Waals surface area contributed by atoms with E-state index in [1.807, 2.05) is 19.0 Å². The van der Waals surface area contributed by atoms with Crippen molar-refractivity contribution >= 4 is 5.78 Å². The third-order valence-corrected chi connectivity index (χ3v) is 3.24. The van der Waals surface area contributed by atoms with E-state index in [1.165, 1.54) is 0 Å². The normalized spacial score (nSPS) is 19.3. The molecule has 0 aliphatic carbocycles. The van der Waals surface area contributed by atoms with Crippen LogP contribution < -0.4 is 10.1 Å². The average molecular weight is 282 g/mol. The van der Waals surface area contributed by atoms with Crippen LogP contribution in [0.1, 0.15) is 10.5 Å². The summed E-state index contributed by atoms with van der Waals surface area (Å²) in [5.74, 6) is 0.424. The molecule has 0 spiro atoms. The lowest BCUT2D eigenvalue weighted by Gasteiger charge is -2.23. The SMILES string of the molecule is COc1cnn(CCN(C)C)c1C(=O)C1CNCCO1. The Hall–Kier alpha value is -1.44. The van der Waals surface area contributed by atoms with Gasteiger partial charge in [0.25, 0.3) is 0 Å². The van der Waals surface area contributed by atoms with Crippen molar-refractivity contribution in [3.05, 3.63) is 11.9 Å². The van der Waals surface area contributed by atoms with Crippen LogP contribution in [0.4, 0.5) is 0 Å². The molecule has 0 aromatic carbocycles. The van der Waals surface area contributed by atoms with Crippen LogP contribution in [-0.4, -0.2) is 74.0 Å². The number of hydrogen-bond acceptors (Lipinski definition) is 6. The van der Waals surface area contributed by atoms with Gasteiger partial charge in [0.2, 0.25) is 5.78 Å².